The van der Waals surface area contributed by atoms with E-state index in [9.17, 15) is 0 Å². The van der Waals surface area contributed by atoms with E-state index in [2.05, 4.69) is 37.5 Å². The standard InChI is InChI=1S/C17H19ClN2S/c1-11-6-4-9-16(12(11)2)20-17(21)19-13(3)14-7-5-8-15(18)10-14/h4-10,13H,1-3H3,(H2,19,20,21)/t13-/m1/s1. The number of thiocarbonyl (C=S) groups is 1. The Morgan fingerprint density at radius 1 is 1.14 bits per heavy atom. The summed E-state index contributed by atoms with van der Waals surface area (Å²) in [5.41, 5.74) is 4.58. The zero-order valence-corrected chi connectivity index (χ0v) is 14.0. The average Bonchev–Trinajstić information content (AvgIpc) is 2.44. The van der Waals surface area contributed by atoms with Gasteiger partial charge in [0.15, 0.2) is 5.11 Å². The molecule has 2 N–H and O–H groups in total. The molecule has 2 aromatic carbocycles. The van der Waals surface area contributed by atoms with E-state index in [4.69, 9.17) is 23.8 Å². The second kappa shape index (κ2) is 6.92. The highest BCUT2D eigenvalue weighted by atomic mass is 35.5. The molecule has 0 unspecified atom stereocenters. The van der Waals surface area contributed by atoms with Crippen LogP contribution in [-0.4, -0.2) is 5.11 Å². The third kappa shape index (κ3) is 4.19. The molecule has 110 valence electrons. The van der Waals surface area contributed by atoms with Gasteiger partial charge in [-0.1, -0.05) is 35.9 Å². The highest BCUT2D eigenvalue weighted by molar-refractivity contribution is 7.80. The van der Waals surface area contributed by atoms with Crippen LogP contribution < -0.4 is 10.6 Å². The van der Waals surface area contributed by atoms with E-state index >= 15 is 0 Å². The van der Waals surface area contributed by atoms with Gasteiger partial charge in [-0.25, -0.2) is 0 Å². The molecule has 0 radical (unpaired) electrons. The normalized spacial score (nSPS) is 11.8. The molecule has 21 heavy (non-hydrogen) atoms. The highest BCUT2D eigenvalue weighted by Crippen LogP contribution is 2.20. The zero-order chi connectivity index (χ0) is 15.4. The Balaban J connectivity index is 2.03. The van der Waals surface area contributed by atoms with Gasteiger partial charge in [0.25, 0.3) is 0 Å². The largest absolute Gasteiger partial charge is 0.356 e. The maximum atomic E-state index is 6.02. The topological polar surface area (TPSA) is 24.1 Å². The lowest BCUT2D eigenvalue weighted by atomic mass is 10.1. The van der Waals surface area contributed by atoms with Gasteiger partial charge in [0.1, 0.15) is 0 Å². The first kappa shape index (κ1) is 15.8. The number of aryl methyl sites for hydroxylation is 1. The Labute approximate surface area is 136 Å². The van der Waals surface area contributed by atoms with Crippen LogP contribution in [0.1, 0.15) is 29.7 Å². The summed E-state index contributed by atoms with van der Waals surface area (Å²) in [6.07, 6.45) is 0. The Kier molecular flexibility index (Phi) is 5.21. The molecule has 0 spiro atoms. The lowest BCUT2D eigenvalue weighted by molar-refractivity contribution is 0.722. The van der Waals surface area contributed by atoms with Gasteiger partial charge < -0.3 is 10.6 Å². The van der Waals surface area contributed by atoms with E-state index in [-0.39, 0.29) is 6.04 Å². The third-order valence-electron chi connectivity index (χ3n) is 3.55. The van der Waals surface area contributed by atoms with Crippen molar-refractivity contribution >= 4 is 34.6 Å². The predicted octanol–water partition coefficient (Wildman–Crippen LogP) is 5.00. The first-order valence-electron chi connectivity index (χ1n) is 6.86. The quantitative estimate of drug-likeness (QED) is 0.778. The molecule has 0 heterocycles. The molecular formula is C17H19ClN2S. The van der Waals surface area contributed by atoms with Crippen LogP contribution in [-0.2, 0) is 0 Å². The second-order valence-corrected chi connectivity index (χ2v) is 5.97. The molecule has 2 rings (SSSR count). The first-order valence-corrected chi connectivity index (χ1v) is 7.65. The molecule has 2 aromatic rings. The van der Waals surface area contributed by atoms with Crippen LogP contribution in [0.2, 0.25) is 5.02 Å². The summed E-state index contributed by atoms with van der Waals surface area (Å²) in [5, 5.41) is 7.87. The fraction of sp³-hybridized carbons (Fsp3) is 0.235. The molecule has 0 amide bonds. The van der Waals surface area contributed by atoms with Crippen molar-refractivity contribution in [1.82, 2.24) is 5.32 Å². The van der Waals surface area contributed by atoms with Crippen molar-refractivity contribution < 1.29 is 0 Å². The Hall–Kier alpha value is -1.58. The number of rotatable bonds is 3. The molecule has 0 fully saturated rings. The van der Waals surface area contributed by atoms with Gasteiger partial charge in [0, 0.05) is 10.7 Å². The van der Waals surface area contributed by atoms with Crippen LogP contribution in [0.4, 0.5) is 5.69 Å². The van der Waals surface area contributed by atoms with Crippen molar-refractivity contribution in [2.24, 2.45) is 0 Å². The Bertz CT molecular complexity index is 655. The van der Waals surface area contributed by atoms with Crippen molar-refractivity contribution in [1.29, 1.82) is 0 Å². The molecule has 0 aliphatic rings. The average molecular weight is 319 g/mol. The summed E-state index contributed by atoms with van der Waals surface area (Å²) in [5.74, 6) is 0. The molecule has 0 aromatic heterocycles. The second-order valence-electron chi connectivity index (χ2n) is 5.12. The smallest absolute Gasteiger partial charge is 0.171 e. The maximum absolute atomic E-state index is 6.02. The first-order chi connectivity index (χ1) is 9.97. The summed E-state index contributed by atoms with van der Waals surface area (Å²) >= 11 is 11.4. The minimum atomic E-state index is 0.0915. The summed E-state index contributed by atoms with van der Waals surface area (Å²) in [6.45, 7) is 6.23. The van der Waals surface area contributed by atoms with Gasteiger partial charge >= 0.3 is 0 Å². The Morgan fingerprint density at radius 3 is 2.57 bits per heavy atom. The van der Waals surface area contributed by atoms with E-state index in [0.717, 1.165) is 16.3 Å². The number of nitrogens with one attached hydrogen (secondary N) is 2. The Morgan fingerprint density at radius 2 is 1.86 bits per heavy atom. The van der Waals surface area contributed by atoms with Crippen LogP contribution in [0.3, 0.4) is 0 Å². The molecule has 2 nitrogen and oxygen atoms in total. The summed E-state index contributed by atoms with van der Waals surface area (Å²) in [4.78, 5) is 0. The van der Waals surface area contributed by atoms with Crippen LogP contribution >= 0.6 is 23.8 Å². The fourth-order valence-electron chi connectivity index (χ4n) is 2.10. The van der Waals surface area contributed by atoms with Gasteiger partial charge in [0.2, 0.25) is 0 Å². The molecular weight excluding hydrogens is 300 g/mol. The van der Waals surface area contributed by atoms with Gasteiger partial charge in [-0.15, -0.1) is 0 Å². The number of anilines is 1. The van der Waals surface area contributed by atoms with Crippen LogP contribution in [0.15, 0.2) is 42.5 Å². The predicted molar refractivity (Wildman–Crippen MR) is 95.1 cm³/mol. The molecule has 0 saturated carbocycles. The van der Waals surface area contributed by atoms with E-state index in [0.29, 0.717) is 5.11 Å². The van der Waals surface area contributed by atoms with Crippen LogP contribution in [0.25, 0.3) is 0 Å². The molecule has 4 heteroatoms. The van der Waals surface area contributed by atoms with Crippen molar-refractivity contribution in [2.45, 2.75) is 26.8 Å². The van der Waals surface area contributed by atoms with Gasteiger partial charge in [-0.2, -0.15) is 0 Å². The van der Waals surface area contributed by atoms with Crippen molar-refractivity contribution in [3.05, 3.63) is 64.2 Å². The molecule has 0 saturated heterocycles. The van der Waals surface area contributed by atoms with Gasteiger partial charge in [-0.3, -0.25) is 0 Å². The molecule has 1 atom stereocenters. The van der Waals surface area contributed by atoms with Crippen molar-refractivity contribution in [3.8, 4) is 0 Å². The lowest BCUT2D eigenvalue weighted by Crippen LogP contribution is -2.31. The van der Waals surface area contributed by atoms with Crippen LogP contribution in [0.5, 0.6) is 0 Å². The summed E-state index contributed by atoms with van der Waals surface area (Å²) in [7, 11) is 0. The van der Waals surface area contributed by atoms with Gasteiger partial charge in [0.05, 0.1) is 6.04 Å². The minimum absolute atomic E-state index is 0.0915. The summed E-state index contributed by atoms with van der Waals surface area (Å²) < 4.78 is 0. The van der Waals surface area contributed by atoms with Crippen LogP contribution in [0, 0.1) is 13.8 Å². The molecule has 0 aliphatic heterocycles. The number of hydrogen-bond acceptors (Lipinski definition) is 1. The number of benzene rings is 2. The fourth-order valence-corrected chi connectivity index (χ4v) is 2.59. The monoisotopic (exact) mass is 318 g/mol. The summed E-state index contributed by atoms with van der Waals surface area (Å²) in [6, 6.07) is 14.0. The molecule has 0 bridgehead atoms. The third-order valence-corrected chi connectivity index (χ3v) is 4.00. The minimum Gasteiger partial charge on any atom is -0.356 e. The number of halogens is 1. The molecule has 0 aliphatic carbocycles. The van der Waals surface area contributed by atoms with E-state index in [1.807, 2.05) is 36.4 Å². The van der Waals surface area contributed by atoms with Gasteiger partial charge in [-0.05, 0) is 67.9 Å². The SMILES string of the molecule is Cc1cccc(NC(=S)N[C@H](C)c2cccc(Cl)c2)c1C. The number of hydrogen-bond donors (Lipinski definition) is 2. The van der Waals surface area contributed by atoms with Crippen molar-refractivity contribution in [3.63, 3.8) is 0 Å². The van der Waals surface area contributed by atoms with Crippen molar-refractivity contribution in [2.75, 3.05) is 5.32 Å². The van der Waals surface area contributed by atoms with E-state index in [1.54, 1.807) is 0 Å². The van der Waals surface area contributed by atoms with E-state index < -0.39 is 0 Å². The maximum Gasteiger partial charge on any atom is 0.171 e. The highest BCUT2D eigenvalue weighted by Gasteiger charge is 2.08. The lowest BCUT2D eigenvalue weighted by Gasteiger charge is -2.19. The zero-order valence-electron chi connectivity index (χ0n) is 12.4. The van der Waals surface area contributed by atoms with E-state index in [1.165, 1.54) is 11.1 Å².